The van der Waals surface area contributed by atoms with Crippen LogP contribution in [0.3, 0.4) is 0 Å². The zero-order valence-electron chi connectivity index (χ0n) is 6.57. The number of aryl methyl sites for hydroxylation is 1. The number of carboxylic acids is 1. The molecule has 0 saturated carbocycles. The standard InChI is InChI=1S/C6H9N3O2S/c1-12-6-7-4(8-9-6)2-3-5(10)11/h2-3H2,1H3,(H,10,11)(H,7,8,9). The van der Waals surface area contributed by atoms with Crippen molar-refractivity contribution in [1.82, 2.24) is 15.2 Å². The number of aliphatic carboxylic acids is 1. The molecule has 1 aromatic heterocycles. The molecule has 66 valence electrons. The molecule has 0 fully saturated rings. The van der Waals surface area contributed by atoms with Gasteiger partial charge in [-0.1, -0.05) is 11.8 Å². The van der Waals surface area contributed by atoms with E-state index in [0.29, 0.717) is 17.4 Å². The van der Waals surface area contributed by atoms with Crippen LogP contribution in [-0.4, -0.2) is 32.5 Å². The van der Waals surface area contributed by atoms with E-state index in [9.17, 15) is 4.79 Å². The van der Waals surface area contributed by atoms with Crippen molar-refractivity contribution in [2.24, 2.45) is 0 Å². The lowest BCUT2D eigenvalue weighted by molar-refractivity contribution is -0.137. The fourth-order valence-corrected chi connectivity index (χ4v) is 1.04. The average Bonchev–Trinajstić information content (AvgIpc) is 2.48. The Kier molecular flexibility index (Phi) is 3.09. The van der Waals surface area contributed by atoms with Gasteiger partial charge >= 0.3 is 5.97 Å². The molecule has 1 rings (SSSR count). The fraction of sp³-hybridized carbons (Fsp3) is 0.500. The van der Waals surface area contributed by atoms with Gasteiger partial charge in [-0.2, -0.15) is 0 Å². The van der Waals surface area contributed by atoms with E-state index in [1.807, 2.05) is 6.26 Å². The van der Waals surface area contributed by atoms with Gasteiger partial charge in [-0.25, -0.2) is 4.98 Å². The first-order valence-electron chi connectivity index (χ1n) is 3.39. The Morgan fingerprint density at radius 2 is 2.50 bits per heavy atom. The summed E-state index contributed by atoms with van der Waals surface area (Å²) >= 11 is 1.42. The second kappa shape index (κ2) is 4.10. The van der Waals surface area contributed by atoms with E-state index >= 15 is 0 Å². The summed E-state index contributed by atoms with van der Waals surface area (Å²) in [5.41, 5.74) is 0. The fourth-order valence-electron chi connectivity index (χ4n) is 0.706. The zero-order valence-corrected chi connectivity index (χ0v) is 7.39. The predicted molar refractivity (Wildman–Crippen MR) is 44.1 cm³/mol. The summed E-state index contributed by atoms with van der Waals surface area (Å²) in [6, 6.07) is 0. The number of carboxylic acid groups (broad SMARTS) is 1. The average molecular weight is 187 g/mol. The number of H-pyrrole nitrogens is 1. The molecule has 2 N–H and O–H groups in total. The highest BCUT2D eigenvalue weighted by Gasteiger charge is 2.03. The molecular formula is C6H9N3O2S. The summed E-state index contributed by atoms with van der Waals surface area (Å²) in [7, 11) is 0. The number of thioether (sulfide) groups is 1. The van der Waals surface area contributed by atoms with Crippen molar-refractivity contribution in [2.45, 2.75) is 18.0 Å². The van der Waals surface area contributed by atoms with E-state index in [4.69, 9.17) is 5.11 Å². The van der Waals surface area contributed by atoms with Crippen LogP contribution < -0.4 is 0 Å². The highest BCUT2D eigenvalue weighted by Crippen LogP contribution is 2.07. The first kappa shape index (κ1) is 9.05. The van der Waals surface area contributed by atoms with E-state index in [1.54, 1.807) is 0 Å². The number of aromatic amines is 1. The second-order valence-electron chi connectivity index (χ2n) is 2.16. The molecular weight excluding hydrogens is 178 g/mol. The first-order valence-corrected chi connectivity index (χ1v) is 4.62. The molecule has 0 aromatic carbocycles. The van der Waals surface area contributed by atoms with Gasteiger partial charge in [0.15, 0.2) is 0 Å². The van der Waals surface area contributed by atoms with Gasteiger partial charge in [-0.05, 0) is 6.26 Å². The molecule has 0 radical (unpaired) electrons. The Hall–Kier alpha value is -1.04. The van der Waals surface area contributed by atoms with Crippen molar-refractivity contribution in [1.29, 1.82) is 0 Å². The highest BCUT2D eigenvalue weighted by molar-refractivity contribution is 7.98. The van der Waals surface area contributed by atoms with Crippen LogP contribution in [-0.2, 0) is 11.2 Å². The third kappa shape index (κ3) is 2.54. The molecule has 1 heterocycles. The van der Waals surface area contributed by atoms with Gasteiger partial charge in [0.25, 0.3) is 0 Å². The van der Waals surface area contributed by atoms with Crippen LogP contribution in [0.4, 0.5) is 0 Å². The number of hydrogen-bond donors (Lipinski definition) is 2. The van der Waals surface area contributed by atoms with Crippen LogP contribution in [0.1, 0.15) is 12.2 Å². The Labute approximate surface area is 73.6 Å². The smallest absolute Gasteiger partial charge is 0.303 e. The molecule has 0 aliphatic rings. The van der Waals surface area contributed by atoms with Crippen molar-refractivity contribution < 1.29 is 9.90 Å². The molecule has 0 saturated heterocycles. The van der Waals surface area contributed by atoms with Gasteiger partial charge in [0.05, 0.1) is 6.42 Å². The Morgan fingerprint density at radius 3 is 3.00 bits per heavy atom. The minimum Gasteiger partial charge on any atom is -0.481 e. The topological polar surface area (TPSA) is 78.9 Å². The number of rotatable bonds is 4. The van der Waals surface area contributed by atoms with Crippen LogP contribution in [0.15, 0.2) is 5.16 Å². The Balaban J connectivity index is 2.47. The van der Waals surface area contributed by atoms with E-state index in [2.05, 4.69) is 15.2 Å². The lowest BCUT2D eigenvalue weighted by Gasteiger charge is -1.88. The van der Waals surface area contributed by atoms with Crippen LogP contribution in [0.2, 0.25) is 0 Å². The lowest BCUT2D eigenvalue weighted by Crippen LogP contribution is -1.98. The van der Waals surface area contributed by atoms with Crippen LogP contribution >= 0.6 is 11.8 Å². The van der Waals surface area contributed by atoms with Crippen LogP contribution in [0.25, 0.3) is 0 Å². The van der Waals surface area contributed by atoms with Gasteiger partial charge in [-0.15, -0.1) is 5.10 Å². The summed E-state index contributed by atoms with van der Waals surface area (Å²) in [6.07, 6.45) is 2.36. The third-order valence-electron chi connectivity index (χ3n) is 1.27. The van der Waals surface area contributed by atoms with Gasteiger partial charge < -0.3 is 5.11 Å². The van der Waals surface area contributed by atoms with Gasteiger partial charge in [0, 0.05) is 6.42 Å². The predicted octanol–water partition coefficient (Wildman–Crippen LogP) is 0.544. The second-order valence-corrected chi connectivity index (χ2v) is 2.94. The van der Waals surface area contributed by atoms with Crippen LogP contribution in [0.5, 0.6) is 0 Å². The molecule has 5 nitrogen and oxygen atoms in total. The monoisotopic (exact) mass is 187 g/mol. The molecule has 0 atom stereocenters. The summed E-state index contributed by atoms with van der Waals surface area (Å²) in [6.45, 7) is 0. The van der Waals surface area contributed by atoms with Gasteiger partial charge in [0.1, 0.15) is 5.82 Å². The van der Waals surface area contributed by atoms with Crippen LogP contribution in [0, 0.1) is 0 Å². The van der Waals surface area contributed by atoms with Gasteiger partial charge in [-0.3, -0.25) is 9.89 Å². The summed E-state index contributed by atoms with van der Waals surface area (Å²) < 4.78 is 0. The third-order valence-corrected chi connectivity index (χ3v) is 1.82. The minimum atomic E-state index is -0.822. The van der Waals surface area contributed by atoms with Gasteiger partial charge in [0.2, 0.25) is 5.16 Å². The molecule has 0 aliphatic carbocycles. The van der Waals surface area contributed by atoms with Crippen molar-refractivity contribution in [2.75, 3.05) is 6.26 Å². The van der Waals surface area contributed by atoms with Crippen molar-refractivity contribution in [3.63, 3.8) is 0 Å². The van der Waals surface area contributed by atoms with Crippen molar-refractivity contribution in [3.05, 3.63) is 5.82 Å². The molecule has 6 heteroatoms. The summed E-state index contributed by atoms with van der Waals surface area (Å²) in [4.78, 5) is 14.2. The summed E-state index contributed by atoms with van der Waals surface area (Å²) in [5.74, 6) is -0.196. The Bertz CT molecular complexity index is 274. The molecule has 0 unspecified atom stereocenters. The van der Waals surface area contributed by atoms with E-state index in [-0.39, 0.29) is 6.42 Å². The van der Waals surface area contributed by atoms with Crippen molar-refractivity contribution in [3.8, 4) is 0 Å². The van der Waals surface area contributed by atoms with E-state index in [0.717, 1.165) is 0 Å². The Morgan fingerprint density at radius 1 is 1.75 bits per heavy atom. The first-order chi connectivity index (χ1) is 5.72. The largest absolute Gasteiger partial charge is 0.481 e. The summed E-state index contributed by atoms with van der Waals surface area (Å²) in [5, 5.41) is 15.5. The SMILES string of the molecule is CSc1n[nH]c(CCC(=O)O)n1. The zero-order chi connectivity index (χ0) is 8.97. The van der Waals surface area contributed by atoms with E-state index in [1.165, 1.54) is 11.8 Å². The molecule has 0 spiro atoms. The number of aromatic nitrogens is 3. The molecule has 1 aromatic rings. The van der Waals surface area contributed by atoms with E-state index < -0.39 is 5.97 Å². The lowest BCUT2D eigenvalue weighted by atomic mass is 10.3. The van der Waals surface area contributed by atoms with Crippen molar-refractivity contribution >= 4 is 17.7 Å². The highest BCUT2D eigenvalue weighted by atomic mass is 32.2. The number of nitrogens with zero attached hydrogens (tertiary/aromatic N) is 2. The number of nitrogens with one attached hydrogen (secondary N) is 1. The maximum atomic E-state index is 10.2. The maximum Gasteiger partial charge on any atom is 0.303 e. The molecule has 12 heavy (non-hydrogen) atoms. The molecule has 0 aliphatic heterocycles. The number of hydrogen-bond acceptors (Lipinski definition) is 4. The quantitative estimate of drug-likeness (QED) is 0.673. The normalized spacial score (nSPS) is 10.1. The maximum absolute atomic E-state index is 10.2. The molecule has 0 amide bonds. The minimum absolute atomic E-state index is 0.0863. The number of carbonyl (C=O) groups is 1. The molecule has 0 bridgehead atoms.